The summed E-state index contributed by atoms with van der Waals surface area (Å²) in [5.41, 5.74) is 5.07. The van der Waals surface area contributed by atoms with E-state index in [2.05, 4.69) is 4.98 Å². The third-order valence-corrected chi connectivity index (χ3v) is 5.36. The molecule has 0 saturated carbocycles. The normalized spacial score (nSPS) is 15.3. The Balaban J connectivity index is 2.12. The number of hydrogen-bond acceptors (Lipinski definition) is 3. The SMILES string of the molecule is Cc1ncccc1C1=C(c2ccc(S(C)(=O)=O)c(F)c2)CCC1. The lowest BCUT2D eigenvalue weighted by Gasteiger charge is -2.11. The van der Waals surface area contributed by atoms with E-state index in [0.29, 0.717) is 0 Å². The maximum absolute atomic E-state index is 14.2. The standard InChI is InChI=1S/C18H18FNO2S/c1-12-14(7-4-10-20-12)16-6-3-5-15(16)13-8-9-18(17(19)11-13)23(2,21)22/h4,7-11H,3,5-6H2,1-2H3. The third kappa shape index (κ3) is 3.06. The second-order valence-electron chi connectivity index (χ2n) is 5.86. The van der Waals surface area contributed by atoms with E-state index in [1.54, 1.807) is 12.3 Å². The summed E-state index contributed by atoms with van der Waals surface area (Å²) >= 11 is 0. The zero-order valence-electron chi connectivity index (χ0n) is 13.1. The van der Waals surface area contributed by atoms with Crippen LogP contribution in [0.2, 0.25) is 0 Å². The number of halogens is 1. The molecule has 1 aliphatic carbocycles. The molecule has 0 amide bonds. The first kappa shape index (κ1) is 15.9. The van der Waals surface area contributed by atoms with Gasteiger partial charge in [-0.05, 0) is 66.7 Å². The Labute approximate surface area is 135 Å². The number of aryl methyl sites for hydroxylation is 1. The van der Waals surface area contributed by atoms with E-state index in [4.69, 9.17) is 0 Å². The van der Waals surface area contributed by atoms with E-state index < -0.39 is 15.7 Å². The molecule has 0 fully saturated rings. The third-order valence-electron chi connectivity index (χ3n) is 4.23. The molecule has 3 nitrogen and oxygen atoms in total. The molecule has 0 radical (unpaired) electrons. The van der Waals surface area contributed by atoms with E-state index in [1.807, 2.05) is 19.1 Å². The van der Waals surface area contributed by atoms with Crippen LogP contribution in [0.1, 0.15) is 36.1 Å². The van der Waals surface area contributed by atoms with E-state index in [1.165, 1.54) is 17.7 Å². The highest BCUT2D eigenvalue weighted by atomic mass is 32.2. The van der Waals surface area contributed by atoms with E-state index in [9.17, 15) is 12.8 Å². The van der Waals surface area contributed by atoms with Crippen molar-refractivity contribution in [3.63, 3.8) is 0 Å². The van der Waals surface area contributed by atoms with Crippen molar-refractivity contribution in [2.75, 3.05) is 6.26 Å². The highest BCUT2D eigenvalue weighted by Gasteiger charge is 2.21. The molecule has 3 rings (SSSR count). The molecule has 5 heteroatoms. The Bertz CT molecular complexity index is 901. The minimum atomic E-state index is -3.55. The first-order valence-electron chi connectivity index (χ1n) is 7.52. The van der Waals surface area contributed by atoms with Crippen LogP contribution >= 0.6 is 0 Å². The molecule has 23 heavy (non-hydrogen) atoms. The molecule has 0 saturated heterocycles. The molecular weight excluding hydrogens is 313 g/mol. The minimum Gasteiger partial charge on any atom is -0.261 e. The predicted octanol–water partition coefficient (Wildman–Crippen LogP) is 4.03. The molecule has 0 bridgehead atoms. The van der Waals surface area contributed by atoms with Crippen LogP contribution in [0.5, 0.6) is 0 Å². The fourth-order valence-corrected chi connectivity index (χ4v) is 3.88. The summed E-state index contributed by atoms with van der Waals surface area (Å²) in [5.74, 6) is -0.688. The van der Waals surface area contributed by atoms with Gasteiger partial charge in [0.05, 0.1) is 0 Å². The molecule has 0 N–H and O–H groups in total. The molecule has 1 heterocycles. The van der Waals surface area contributed by atoms with Gasteiger partial charge in [0.1, 0.15) is 10.7 Å². The van der Waals surface area contributed by atoms with Crippen LogP contribution in [0, 0.1) is 12.7 Å². The van der Waals surface area contributed by atoms with Gasteiger partial charge in [-0.3, -0.25) is 4.98 Å². The molecule has 0 atom stereocenters. The van der Waals surface area contributed by atoms with Gasteiger partial charge >= 0.3 is 0 Å². The Morgan fingerprint density at radius 3 is 2.52 bits per heavy atom. The van der Waals surface area contributed by atoms with Crippen molar-refractivity contribution in [2.24, 2.45) is 0 Å². The number of rotatable bonds is 3. The number of aromatic nitrogens is 1. The molecule has 1 aliphatic rings. The molecule has 120 valence electrons. The number of pyridine rings is 1. The molecule has 0 unspecified atom stereocenters. The van der Waals surface area contributed by atoms with Crippen LogP contribution in [-0.2, 0) is 9.84 Å². The lowest BCUT2D eigenvalue weighted by molar-refractivity contribution is 0.570. The lowest BCUT2D eigenvalue weighted by Crippen LogP contribution is -2.01. The first-order chi connectivity index (χ1) is 10.9. The highest BCUT2D eigenvalue weighted by molar-refractivity contribution is 7.90. The van der Waals surface area contributed by atoms with Crippen molar-refractivity contribution in [3.05, 3.63) is 59.2 Å². The highest BCUT2D eigenvalue weighted by Crippen LogP contribution is 2.40. The Kier molecular flexibility index (Phi) is 4.06. The van der Waals surface area contributed by atoms with Crippen molar-refractivity contribution >= 4 is 21.0 Å². The van der Waals surface area contributed by atoms with Crippen molar-refractivity contribution in [3.8, 4) is 0 Å². The van der Waals surface area contributed by atoms with Crippen LogP contribution in [-0.4, -0.2) is 19.7 Å². The number of sulfone groups is 1. The molecule has 0 aliphatic heterocycles. The minimum absolute atomic E-state index is 0.251. The largest absolute Gasteiger partial charge is 0.261 e. The Morgan fingerprint density at radius 2 is 1.87 bits per heavy atom. The summed E-state index contributed by atoms with van der Waals surface area (Å²) in [7, 11) is -3.55. The fourth-order valence-electron chi connectivity index (χ4n) is 3.15. The fraction of sp³-hybridized carbons (Fsp3) is 0.278. The summed E-state index contributed by atoms with van der Waals surface area (Å²) in [6, 6.07) is 8.33. The van der Waals surface area contributed by atoms with Crippen molar-refractivity contribution in [1.82, 2.24) is 4.98 Å². The van der Waals surface area contributed by atoms with Gasteiger partial charge in [0.15, 0.2) is 9.84 Å². The van der Waals surface area contributed by atoms with Gasteiger partial charge in [0.2, 0.25) is 0 Å². The van der Waals surface area contributed by atoms with Crippen molar-refractivity contribution in [2.45, 2.75) is 31.1 Å². The molecule has 1 aromatic heterocycles. The van der Waals surface area contributed by atoms with Gasteiger partial charge in [0.25, 0.3) is 0 Å². The summed E-state index contributed by atoms with van der Waals surface area (Å²) < 4.78 is 37.3. The van der Waals surface area contributed by atoms with Crippen LogP contribution in [0.3, 0.4) is 0 Å². The number of nitrogens with zero attached hydrogens (tertiary/aromatic N) is 1. The van der Waals surface area contributed by atoms with Crippen LogP contribution in [0.15, 0.2) is 41.4 Å². The van der Waals surface area contributed by atoms with Gasteiger partial charge < -0.3 is 0 Å². The smallest absolute Gasteiger partial charge is 0.178 e. The van der Waals surface area contributed by atoms with Crippen LogP contribution in [0.25, 0.3) is 11.1 Å². The van der Waals surface area contributed by atoms with Gasteiger partial charge in [-0.15, -0.1) is 0 Å². The van der Waals surface area contributed by atoms with E-state index in [-0.39, 0.29) is 4.90 Å². The quantitative estimate of drug-likeness (QED) is 0.853. The van der Waals surface area contributed by atoms with E-state index >= 15 is 0 Å². The number of benzene rings is 1. The van der Waals surface area contributed by atoms with Gasteiger partial charge in [-0.2, -0.15) is 0 Å². The maximum atomic E-state index is 14.2. The zero-order chi connectivity index (χ0) is 16.6. The summed E-state index contributed by atoms with van der Waals surface area (Å²) in [6.45, 7) is 1.96. The van der Waals surface area contributed by atoms with Crippen LogP contribution in [0.4, 0.5) is 4.39 Å². The Morgan fingerprint density at radius 1 is 1.13 bits per heavy atom. The maximum Gasteiger partial charge on any atom is 0.178 e. The number of hydrogen-bond donors (Lipinski definition) is 0. The van der Waals surface area contributed by atoms with Gasteiger partial charge in [-0.25, -0.2) is 12.8 Å². The second-order valence-corrected chi connectivity index (χ2v) is 7.85. The first-order valence-corrected chi connectivity index (χ1v) is 9.41. The Hall–Kier alpha value is -2.01. The van der Waals surface area contributed by atoms with E-state index in [0.717, 1.165) is 47.9 Å². The molecule has 0 spiro atoms. The lowest BCUT2D eigenvalue weighted by atomic mass is 9.96. The average Bonchev–Trinajstić information content (AvgIpc) is 2.95. The molecular formula is C18H18FNO2S. The van der Waals surface area contributed by atoms with Crippen LogP contribution < -0.4 is 0 Å². The topological polar surface area (TPSA) is 47.0 Å². The van der Waals surface area contributed by atoms with Gasteiger partial charge in [-0.1, -0.05) is 12.1 Å². The predicted molar refractivity (Wildman–Crippen MR) is 89.1 cm³/mol. The molecule has 2 aromatic rings. The van der Waals surface area contributed by atoms with Crippen molar-refractivity contribution < 1.29 is 12.8 Å². The molecule has 1 aromatic carbocycles. The number of allylic oxidation sites excluding steroid dienone is 2. The average molecular weight is 331 g/mol. The monoisotopic (exact) mass is 331 g/mol. The zero-order valence-corrected chi connectivity index (χ0v) is 14.0. The van der Waals surface area contributed by atoms with Crippen molar-refractivity contribution in [1.29, 1.82) is 0 Å². The summed E-state index contributed by atoms with van der Waals surface area (Å²) in [6.07, 6.45) is 5.58. The van der Waals surface area contributed by atoms with Gasteiger partial charge in [0, 0.05) is 18.1 Å². The second kappa shape index (κ2) is 5.89. The summed E-state index contributed by atoms with van der Waals surface area (Å²) in [5, 5.41) is 0. The summed E-state index contributed by atoms with van der Waals surface area (Å²) in [4.78, 5) is 4.08.